The molecule has 1 aromatic carbocycles. The molecule has 3 N–H and O–H groups in total. The second kappa shape index (κ2) is 4.38. The zero-order chi connectivity index (χ0) is 12.6. The zero-order valence-corrected chi connectivity index (χ0v) is 11.5. The van der Waals surface area contributed by atoms with Crippen molar-refractivity contribution in [3.63, 3.8) is 0 Å². The van der Waals surface area contributed by atoms with E-state index in [1.807, 2.05) is 13.8 Å². The number of hydrogen-bond donors (Lipinski definition) is 2. The minimum atomic E-state index is -0.424. The minimum absolute atomic E-state index is 0.174. The van der Waals surface area contributed by atoms with Gasteiger partial charge < -0.3 is 20.3 Å². The third kappa shape index (κ3) is 2.66. The highest BCUT2D eigenvalue weighted by atomic mass is 79.9. The quantitative estimate of drug-likeness (QED) is 0.879. The van der Waals surface area contributed by atoms with E-state index < -0.39 is 5.54 Å². The molecule has 0 spiro atoms. The fourth-order valence-electron chi connectivity index (χ4n) is 1.83. The van der Waals surface area contributed by atoms with Crippen molar-refractivity contribution in [2.75, 3.05) is 13.2 Å². The minimum Gasteiger partial charge on any atom is -0.506 e. The van der Waals surface area contributed by atoms with Crippen LogP contribution in [0.4, 0.5) is 0 Å². The number of rotatable bonds is 2. The zero-order valence-electron chi connectivity index (χ0n) is 9.92. The Morgan fingerprint density at radius 1 is 1.41 bits per heavy atom. The molecule has 0 aromatic heterocycles. The van der Waals surface area contributed by atoms with Crippen LogP contribution < -0.4 is 15.2 Å². The standard InChI is InChI=1S/C12H16BrNO3/c1-12(2,14)6-7-10(15)8(13)5-9-11(7)17-4-3-16-9/h5,15H,3-4,6,14H2,1-2H3. The molecule has 0 amide bonds. The lowest BCUT2D eigenvalue weighted by Crippen LogP contribution is -2.35. The number of benzene rings is 1. The maximum Gasteiger partial charge on any atom is 0.168 e. The summed E-state index contributed by atoms with van der Waals surface area (Å²) in [6, 6.07) is 1.72. The van der Waals surface area contributed by atoms with Gasteiger partial charge in [-0.1, -0.05) is 0 Å². The maximum absolute atomic E-state index is 10.1. The second-order valence-corrected chi connectivity index (χ2v) is 5.73. The number of hydrogen-bond acceptors (Lipinski definition) is 4. The smallest absolute Gasteiger partial charge is 0.168 e. The molecule has 1 aliphatic heterocycles. The molecule has 0 bridgehead atoms. The van der Waals surface area contributed by atoms with Crippen molar-refractivity contribution < 1.29 is 14.6 Å². The van der Waals surface area contributed by atoms with Gasteiger partial charge in [-0.2, -0.15) is 0 Å². The number of ether oxygens (including phenoxy) is 2. The molecular formula is C12H16BrNO3. The molecule has 0 atom stereocenters. The summed E-state index contributed by atoms with van der Waals surface area (Å²) in [7, 11) is 0. The lowest BCUT2D eigenvalue weighted by Gasteiger charge is -2.26. The summed E-state index contributed by atoms with van der Waals surface area (Å²) in [5, 5.41) is 10.1. The van der Waals surface area contributed by atoms with Crippen molar-refractivity contribution in [3.8, 4) is 17.2 Å². The monoisotopic (exact) mass is 301 g/mol. The summed E-state index contributed by atoms with van der Waals surface area (Å²) < 4.78 is 11.7. The normalized spacial score (nSPS) is 14.8. The Balaban J connectivity index is 2.51. The van der Waals surface area contributed by atoms with Crippen molar-refractivity contribution >= 4 is 15.9 Å². The fourth-order valence-corrected chi connectivity index (χ4v) is 2.28. The summed E-state index contributed by atoms with van der Waals surface area (Å²) in [6.45, 7) is 4.83. The number of nitrogens with two attached hydrogens (primary N) is 1. The van der Waals surface area contributed by atoms with Crippen LogP contribution >= 0.6 is 15.9 Å². The maximum atomic E-state index is 10.1. The molecule has 94 valence electrons. The van der Waals surface area contributed by atoms with Gasteiger partial charge in [0.1, 0.15) is 19.0 Å². The van der Waals surface area contributed by atoms with E-state index in [4.69, 9.17) is 15.2 Å². The van der Waals surface area contributed by atoms with E-state index in [2.05, 4.69) is 15.9 Å². The van der Waals surface area contributed by atoms with Crippen molar-refractivity contribution in [2.45, 2.75) is 25.8 Å². The van der Waals surface area contributed by atoms with E-state index in [1.165, 1.54) is 0 Å². The van der Waals surface area contributed by atoms with Crippen molar-refractivity contribution in [1.82, 2.24) is 0 Å². The largest absolute Gasteiger partial charge is 0.506 e. The van der Waals surface area contributed by atoms with Gasteiger partial charge in [-0.05, 0) is 36.2 Å². The molecular weight excluding hydrogens is 286 g/mol. The van der Waals surface area contributed by atoms with Gasteiger partial charge in [0.15, 0.2) is 11.5 Å². The van der Waals surface area contributed by atoms with Crippen molar-refractivity contribution in [3.05, 3.63) is 16.1 Å². The van der Waals surface area contributed by atoms with Crippen molar-refractivity contribution in [2.24, 2.45) is 5.73 Å². The first-order valence-corrected chi connectivity index (χ1v) is 6.26. The van der Waals surface area contributed by atoms with E-state index in [0.29, 0.717) is 41.2 Å². The first kappa shape index (κ1) is 12.5. The molecule has 1 aliphatic rings. The molecule has 0 radical (unpaired) electrons. The Labute approximate surface area is 109 Å². The van der Waals surface area contributed by atoms with Gasteiger partial charge in [0.25, 0.3) is 0 Å². The molecule has 0 unspecified atom stereocenters. The van der Waals surface area contributed by atoms with Crippen LogP contribution in [0.5, 0.6) is 17.2 Å². The predicted molar refractivity (Wildman–Crippen MR) is 68.8 cm³/mol. The number of halogens is 1. The van der Waals surface area contributed by atoms with E-state index in [9.17, 15) is 5.11 Å². The van der Waals surface area contributed by atoms with Crippen LogP contribution in [-0.2, 0) is 6.42 Å². The summed E-state index contributed by atoms with van der Waals surface area (Å²) in [4.78, 5) is 0. The molecule has 4 nitrogen and oxygen atoms in total. The highest BCUT2D eigenvalue weighted by molar-refractivity contribution is 9.10. The highest BCUT2D eigenvalue weighted by Gasteiger charge is 2.25. The fraction of sp³-hybridized carbons (Fsp3) is 0.500. The molecule has 0 fully saturated rings. The lowest BCUT2D eigenvalue weighted by molar-refractivity contribution is 0.168. The SMILES string of the molecule is CC(C)(N)Cc1c(O)c(Br)cc2c1OCCO2. The summed E-state index contributed by atoms with van der Waals surface area (Å²) in [5.74, 6) is 1.43. The van der Waals surface area contributed by atoms with E-state index in [-0.39, 0.29) is 5.75 Å². The Morgan fingerprint density at radius 2 is 2.06 bits per heavy atom. The predicted octanol–water partition coefficient (Wildman–Crippen LogP) is 2.21. The molecule has 0 aliphatic carbocycles. The van der Waals surface area contributed by atoms with Crippen LogP contribution in [0.2, 0.25) is 0 Å². The van der Waals surface area contributed by atoms with Crippen LogP contribution in [0.25, 0.3) is 0 Å². The number of fused-ring (bicyclic) bond motifs is 1. The van der Waals surface area contributed by atoms with Gasteiger partial charge >= 0.3 is 0 Å². The molecule has 2 rings (SSSR count). The molecule has 17 heavy (non-hydrogen) atoms. The Hall–Kier alpha value is -0.940. The van der Waals surface area contributed by atoms with Crippen LogP contribution in [0.3, 0.4) is 0 Å². The second-order valence-electron chi connectivity index (χ2n) is 4.88. The average Bonchev–Trinajstić information content (AvgIpc) is 2.23. The molecule has 5 heteroatoms. The van der Waals surface area contributed by atoms with E-state index in [0.717, 1.165) is 0 Å². The third-order valence-electron chi connectivity index (χ3n) is 2.49. The summed E-state index contributed by atoms with van der Waals surface area (Å²) in [6.07, 6.45) is 0.518. The van der Waals surface area contributed by atoms with Gasteiger partial charge in [0.2, 0.25) is 0 Å². The third-order valence-corrected chi connectivity index (χ3v) is 3.09. The van der Waals surface area contributed by atoms with Crippen molar-refractivity contribution in [1.29, 1.82) is 0 Å². The Morgan fingerprint density at radius 3 is 2.71 bits per heavy atom. The van der Waals surface area contributed by atoms with Gasteiger partial charge in [-0.15, -0.1) is 0 Å². The van der Waals surface area contributed by atoms with Crippen LogP contribution in [0.1, 0.15) is 19.4 Å². The molecule has 0 saturated heterocycles. The first-order chi connectivity index (χ1) is 7.88. The topological polar surface area (TPSA) is 64.7 Å². The Bertz CT molecular complexity index is 440. The van der Waals surface area contributed by atoms with Gasteiger partial charge in [0, 0.05) is 17.2 Å². The van der Waals surface area contributed by atoms with E-state index in [1.54, 1.807) is 6.07 Å². The molecule has 1 aromatic rings. The van der Waals surface area contributed by atoms with Gasteiger partial charge in [-0.3, -0.25) is 0 Å². The van der Waals surface area contributed by atoms with E-state index >= 15 is 0 Å². The first-order valence-electron chi connectivity index (χ1n) is 5.47. The lowest BCUT2D eigenvalue weighted by atomic mass is 9.94. The number of phenols is 1. The van der Waals surface area contributed by atoms with Crippen LogP contribution in [-0.4, -0.2) is 23.9 Å². The molecule has 0 saturated carbocycles. The highest BCUT2D eigenvalue weighted by Crippen LogP contribution is 2.44. The number of phenolic OH excluding ortho intramolecular Hbond substituents is 1. The van der Waals surface area contributed by atoms with Crippen LogP contribution in [0.15, 0.2) is 10.5 Å². The average molecular weight is 302 g/mol. The molecule has 1 heterocycles. The van der Waals surface area contributed by atoms with Gasteiger partial charge in [0.05, 0.1) is 4.47 Å². The summed E-state index contributed by atoms with van der Waals surface area (Å²) >= 11 is 3.31. The number of aromatic hydroxyl groups is 1. The summed E-state index contributed by atoms with van der Waals surface area (Å²) in [5.41, 5.74) is 6.27. The van der Waals surface area contributed by atoms with Crippen LogP contribution in [0, 0.1) is 0 Å². The Kier molecular flexibility index (Phi) is 3.23. The van der Waals surface area contributed by atoms with Gasteiger partial charge in [-0.25, -0.2) is 0 Å².